The summed E-state index contributed by atoms with van der Waals surface area (Å²) in [5.41, 5.74) is 21.6. The Morgan fingerprint density at radius 3 is 1.16 bits per heavy atom. The van der Waals surface area contributed by atoms with Gasteiger partial charge < -0.3 is 80.5 Å². The van der Waals surface area contributed by atoms with E-state index >= 15 is 0 Å². The van der Waals surface area contributed by atoms with E-state index in [2.05, 4.69) is 80.7 Å². The predicted molar refractivity (Wildman–Crippen MR) is 401 cm³/mol. The molecular weight excluding hydrogens is 1530 g/mol. The van der Waals surface area contributed by atoms with Gasteiger partial charge in [0.1, 0.15) is 44.2 Å². The molecule has 0 aromatic heterocycles. The Balaban J connectivity index is 0.000000568. The predicted octanol–water partition coefficient (Wildman–Crippen LogP) is 12.5. The topological polar surface area (TPSA) is 398 Å². The molecule has 0 spiro atoms. The van der Waals surface area contributed by atoms with Gasteiger partial charge in [-0.2, -0.15) is 19.2 Å². The zero-order valence-electron chi connectivity index (χ0n) is 66.0. The van der Waals surface area contributed by atoms with Crippen LogP contribution in [0.4, 0.5) is 0 Å². The molecule has 0 aliphatic carbocycles. The molecule has 0 bridgehead atoms. The van der Waals surface area contributed by atoms with Crippen molar-refractivity contribution in [1.29, 1.82) is 5.41 Å². The van der Waals surface area contributed by atoms with Crippen molar-refractivity contribution >= 4 is 70.9 Å². The van der Waals surface area contributed by atoms with Gasteiger partial charge in [-0.25, -0.2) is 0 Å². The summed E-state index contributed by atoms with van der Waals surface area (Å²) in [5, 5.41) is 15.5. The standard InChI is InChI=1S/C64H91N3O16.C12H17Cl3N4O4.2CO2/c1-35-36(2)54(66-67-65)64(77-51(35)33-73-44(10)68)82-55-38(4)41(7)61(75-49(55)29-46-23-17-14-18-24-46)80-57-39(5)42(8)62(79-53(57)34-74-45(11)69)83-59-50(30-47-25-19-15-20-26-47)76-63(43(9)58(59)70-12)81-56-37(3)40(6)60(71-13)78-52(56)32-72-31-48-27-21-16-22-28-48;1-5-6(2)9(18-19-17)10(23-11(16)12(13,14)15)22-8(5)4-21-7(3)20;2*2-1-3/h14-28,35-43,49-64H,29-34H2,1-13H3;5-6,8-10,16H,4H2,1-3H3;;/t35-,36-,37+,38+,39?,40?,41?,42?,43?,49?,50-,51?,52?,53-,54?,55-,56-,57-,58?,59+,60-,61-,62+,63-,64+;5-,6-,8?,9?,10?;;/m00../s1. The van der Waals surface area contributed by atoms with Crippen LogP contribution in [0.1, 0.15) is 114 Å². The minimum Gasteiger partial charge on any atom is -0.463 e. The SMILES string of the molecule is CC(=O)OCC1OC(OC(=N)C(Cl)(Cl)Cl)C(N=[N+]=[N-])[C@@H](C)[C@@H]1C.COC1C(C)[C@H](O[C@@H]2C(COCc3ccccc3)O[C@H](OC)C(C)[C@H]2C)O[C@@H](Cc2ccccc2)[C@H]1O[C@H]1O[C@@H](COC(C)=O)[C@@H](O[C@@H]2OC(Cc3ccccc3)[C@@H](O[C@H]3OC(COC(C)=O)[C@@H](C)[C@H](C)C3N=[N+]=[N-])[C@H](C)C2C)C(C)C1C.O=C=O.O=C=O. The Kier molecular flexibility index (Phi) is 38.8. The maximum absolute atomic E-state index is 12.6. The summed E-state index contributed by atoms with van der Waals surface area (Å²) in [7, 11) is 3.35. The highest BCUT2D eigenvalue weighted by molar-refractivity contribution is 6.76. The third kappa shape index (κ3) is 26.4. The average Bonchev–Trinajstić information content (AvgIpc) is 0.787. The summed E-state index contributed by atoms with van der Waals surface area (Å²) in [4.78, 5) is 74.0. The lowest BCUT2D eigenvalue weighted by Gasteiger charge is -2.52. The van der Waals surface area contributed by atoms with Crippen molar-refractivity contribution in [3.8, 4) is 0 Å². The molecule has 3 aromatic rings. The lowest BCUT2D eigenvalue weighted by Crippen LogP contribution is -2.62. The summed E-state index contributed by atoms with van der Waals surface area (Å²) in [5.74, 6) is -3.77. The maximum Gasteiger partial charge on any atom is 0.373 e. The minimum atomic E-state index is -2.07. The number of rotatable bonds is 27. The molecule has 1 N–H and O–H groups in total. The molecule has 6 saturated heterocycles. The zero-order chi connectivity index (χ0) is 82.7. The van der Waals surface area contributed by atoms with Crippen LogP contribution >= 0.6 is 34.8 Å². The van der Waals surface area contributed by atoms with Gasteiger partial charge in [-0.1, -0.05) is 212 Å². The molecule has 6 aliphatic rings. The van der Waals surface area contributed by atoms with Crippen molar-refractivity contribution in [2.24, 2.45) is 75.3 Å². The van der Waals surface area contributed by atoms with Crippen LogP contribution in [0, 0.1) is 70.5 Å². The van der Waals surface area contributed by atoms with Crippen LogP contribution < -0.4 is 0 Å². The number of nitrogens with one attached hydrogen (secondary N) is 1. The Bertz CT molecular complexity index is 3550. The van der Waals surface area contributed by atoms with Crippen LogP contribution in [0.3, 0.4) is 0 Å². The van der Waals surface area contributed by atoms with E-state index in [-0.39, 0.29) is 104 Å². The molecule has 112 heavy (non-hydrogen) atoms. The molecule has 34 heteroatoms. The van der Waals surface area contributed by atoms with Gasteiger partial charge in [-0.05, 0) is 69.2 Å². The van der Waals surface area contributed by atoms with Gasteiger partial charge >= 0.3 is 30.2 Å². The lowest BCUT2D eigenvalue weighted by atomic mass is 9.80. The number of hydrogen-bond donors (Lipinski definition) is 1. The van der Waals surface area contributed by atoms with E-state index in [1.54, 1.807) is 14.2 Å². The monoisotopic (exact) mass is 1630 g/mol. The molecule has 3 aromatic carbocycles. The van der Waals surface area contributed by atoms with Crippen LogP contribution in [0.15, 0.2) is 101 Å². The van der Waals surface area contributed by atoms with E-state index in [0.29, 0.717) is 19.4 Å². The zero-order valence-corrected chi connectivity index (χ0v) is 68.3. The molecule has 6 aliphatic heterocycles. The average molecular weight is 1630 g/mol. The highest BCUT2D eigenvalue weighted by Gasteiger charge is 2.55. The lowest BCUT2D eigenvalue weighted by molar-refractivity contribution is -0.370. The summed E-state index contributed by atoms with van der Waals surface area (Å²) >= 11 is 16.8. The van der Waals surface area contributed by atoms with Gasteiger partial charge in [0.25, 0.3) is 3.79 Å². The number of ether oxygens (including phenoxy) is 17. The first-order valence-electron chi connectivity index (χ1n) is 37.4. The molecule has 6 heterocycles. The van der Waals surface area contributed by atoms with Gasteiger partial charge in [0.2, 0.25) is 12.2 Å². The third-order valence-corrected chi connectivity index (χ3v) is 22.7. The molecule has 0 radical (unpaired) electrons. The van der Waals surface area contributed by atoms with Crippen molar-refractivity contribution < 1.29 is 114 Å². The summed E-state index contributed by atoms with van der Waals surface area (Å²) in [6.07, 6.45) is -9.49. The Morgan fingerprint density at radius 1 is 0.420 bits per heavy atom. The molecule has 620 valence electrons. The minimum absolute atomic E-state index is 0.00475. The summed E-state index contributed by atoms with van der Waals surface area (Å²) < 4.78 is 107. The highest BCUT2D eigenvalue weighted by atomic mass is 35.6. The van der Waals surface area contributed by atoms with E-state index in [9.17, 15) is 19.9 Å². The van der Waals surface area contributed by atoms with Crippen molar-refractivity contribution in [3.05, 3.63) is 129 Å². The molecule has 0 saturated carbocycles. The molecule has 9 rings (SSSR count). The number of esters is 3. The van der Waals surface area contributed by atoms with Crippen molar-refractivity contribution in [1.82, 2.24) is 0 Å². The van der Waals surface area contributed by atoms with Crippen molar-refractivity contribution in [3.63, 3.8) is 0 Å². The van der Waals surface area contributed by atoms with E-state index in [4.69, 9.17) is 145 Å². The maximum atomic E-state index is 12.6. The van der Waals surface area contributed by atoms with Gasteiger partial charge in [0, 0.05) is 81.3 Å². The number of benzene rings is 3. The fraction of sp³-hybridized carbons (Fsp3) is 0.692. The van der Waals surface area contributed by atoms with Gasteiger partial charge in [-0.3, -0.25) is 19.8 Å². The third-order valence-electron chi connectivity index (χ3n) is 22.2. The van der Waals surface area contributed by atoms with Crippen LogP contribution in [0.2, 0.25) is 0 Å². The Morgan fingerprint density at radius 2 is 0.750 bits per heavy atom. The van der Waals surface area contributed by atoms with E-state index < -0.39 is 145 Å². The molecule has 6 fully saturated rings. The van der Waals surface area contributed by atoms with Gasteiger partial charge in [0.15, 0.2) is 31.5 Å². The first kappa shape index (κ1) is 94.1. The smallest absolute Gasteiger partial charge is 0.373 e. The van der Waals surface area contributed by atoms with Gasteiger partial charge in [0.05, 0.1) is 68.1 Å². The van der Waals surface area contributed by atoms with Crippen LogP contribution in [0.25, 0.3) is 20.9 Å². The number of methoxy groups -OCH3 is 2. The van der Waals surface area contributed by atoms with Crippen LogP contribution in [-0.2, 0) is 134 Å². The Hall–Kier alpha value is -6.73. The summed E-state index contributed by atoms with van der Waals surface area (Å²) in [6, 6.07) is 28.8. The number of alkyl halides is 3. The molecule has 13 unspecified atom stereocenters. The number of carbonyl (C=O) groups excluding carboxylic acids is 7. The second-order valence-corrected chi connectivity index (χ2v) is 31.6. The fourth-order valence-corrected chi connectivity index (χ4v) is 15.0. The van der Waals surface area contributed by atoms with Gasteiger partial charge in [-0.15, -0.1) is 0 Å². The molecule has 31 nitrogen and oxygen atoms in total. The molecule has 0 amide bonds. The van der Waals surface area contributed by atoms with E-state index in [1.165, 1.54) is 20.8 Å². The van der Waals surface area contributed by atoms with Crippen molar-refractivity contribution in [2.75, 3.05) is 40.6 Å². The van der Waals surface area contributed by atoms with E-state index in [0.717, 1.165) is 16.7 Å². The summed E-state index contributed by atoms with van der Waals surface area (Å²) in [6.45, 7) is 27.0. The number of nitrogens with zero attached hydrogens (tertiary/aromatic N) is 6. The largest absolute Gasteiger partial charge is 0.463 e. The molecule has 30 atom stereocenters. The normalized spacial score (nSPS) is 35.6. The fourth-order valence-electron chi connectivity index (χ4n) is 14.8. The van der Waals surface area contributed by atoms with Crippen molar-refractivity contribution in [2.45, 2.75) is 237 Å². The quantitative estimate of drug-likeness (QED) is 0.0108. The van der Waals surface area contributed by atoms with E-state index in [1.807, 2.05) is 107 Å². The molecular formula is C78H108Cl3N7O24. The number of carbonyl (C=O) groups is 3. The van der Waals surface area contributed by atoms with Crippen LogP contribution in [-0.4, -0.2) is 198 Å². The highest BCUT2D eigenvalue weighted by Crippen LogP contribution is 2.46. The Labute approximate surface area is 668 Å². The number of halogens is 3. The first-order valence-corrected chi connectivity index (χ1v) is 38.5. The first-order chi connectivity index (χ1) is 53.3. The number of azide groups is 2. The van der Waals surface area contributed by atoms with Crippen LogP contribution in [0.5, 0.6) is 0 Å². The second-order valence-electron chi connectivity index (χ2n) is 29.3. The number of hydrogen-bond acceptors (Lipinski definition) is 27. The second kappa shape index (κ2) is 46.1.